The summed E-state index contributed by atoms with van der Waals surface area (Å²) >= 11 is 7.65. The number of hydrogen-bond donors (Lipinski definition) is 1. The van der Waals surface area contributed by atoms with Crippen LogP contribution < -0.4 is 15.8 Å². The molecule has 0 unspecified atom stereocenters. The molecule has 0 aliphatic carbocycles. The van der Waals surface area contributed by atoms with E-state index in [1.54, 1.807) is 12.1 Å². The second-order valence-corrected chi connectivity index (χ2v) is 9.44. The summed E-state index contributed by atoms with van der Waals surface area (Å²) in [5.74, 6) is -0.363. The van der Waals surface area contributed by atoms with Gasteiger partial charge in [-0.25, -0.2) is 9.67 Å². The number of carbonyl (C=O) groups is 1. The van der Waals surface area contributed by atoms with Crippen molar-refractivity contribution in [1.29, 1.82) is 0 Å². The number of benzene rings is 2. The lowest BCUT2D eigenvalue weighted by atomic mass is 10.1. The van der Waals surface area contributed by atoms with Crippen LogP contribution in [-0.2, 0) is 11.3 Å². The highest BCUT2D eigenvalue weighted by Crippen LogP contribution is 2.34. The number of carbonyl (C=O) groups excluding carboxylic acids is 1. The molecular formula is C24H22ClN5O2S. The van der Waals surface area contributed by atoms with E-state index in [4.69, 9.17) is 11.6 Å². The maximum atomic E-state index is 13.3. The van der Waals surface area contributed by atoms with Crippen LogP contribution in [0.15, 0.2) is 53.3 Å². The smallest absolute Gasteiger partial charge is 0.294 e. The van der Waals surface area contributed by atoms with Gasteiger partial charge in [0, 0.05) is 29.4 Å². The van der Waals surface area contributed by atoms with Gasteiger partial charge in [0.1, 0.15) is 12.2 Å². The van der Waals surface area contributed by atoms with Crippen molar-refractivity contribution >= 4 is 49.9 Å². The Balaban J connectivity index is 1.54. The van der Waals surface area contributed by atoms with Gasteiger partial charge < -0.3 is 10.2 Å². The Hall–Kier alpha value is -3.23. The molecule has 168 valence electrons. The van der Waals surface area contributed by atoms with Crippen molar-refractivity contribution in [1.82, 2.24) is 14.8 Å². The minimum absolute atomic E-state index is 0.226. The third-order valence-corrected chi connectivity index (χ3v) is 7.19. The third-order valence-electron chi connectivity index (χ3n) is 5.66. The first kappa shape index (κ1) is 21.6. The molecule has 0 saturated carbocycles. The van der Waals surface area contributed by atoms with E-state index in [-0.39, 0.29) is 18.0 Å². The summed E-state index contributed by atoms with van der Waals surface area (Å²) in [6.45, 7) is 3.53. The number of nitrogens with one attached hydrogen (secondary N) is 1. The van der Waals surface area contributed by atoms with Crippen LogP contribution in [0.4, 0.5) is 10.8 Å². The van der Waals surface area contributed by atoms with Crippen LogP contribution in [0.3, 0.4) is 0 Å². The molecule has 5 rings (SSSR count). The summed E-state index contributed by atoms with van der Waals surface area (Å²) in [6.07, 6.45) is 2.24. The van der Waals surface area contributed by atoms with E-state index >= 15 is 0 Å². The molecule has 1 N–H and O–H groups in total. The fourth-order valence-electron chi connectivity index (χ4n) is 3.89. The number of thiazole rings is 1. The molecule has 1 saturated heterocycles. The molecule has 0 spiro atoms. The van der Waals surface area contributed by atoms with Crippen molar-refractivity contribution in [2.75, 3.05) is 23.3 Å². The monoisotopic (exact) mass is 479 g/mol. The topological polar surface area (TPSA) is 80.1 Å². The molecule has 9 heteroatoms. The number of aromatic nitrogens is 3. The van der Waals surface area contributed by atoms with Gasteiger partial charge >= 0.3 is 0 Å². The van der Waals surface area contributed by atoms with E-state index in [1.165, 1.54) is 16.0 Å². The Morgan fingerprint density at radius 2 is 1.91 bits per heavy atom. The fourth-order valence-corrected chi connectivity index (χ4v) is 5.19. The van der Waals surface area contributed by atoms with Crippen LogP contribution in [0.1, 0.15) is 18.4 Å². The van der Waals surface area contributed by atoms with E-state index in [0.717, 1.165) is 46.9 Å². The Labute approximate surface area is 199 Å². The second kappa shape index (κ2) is 8.96. The molecule has 0 bridgehead atoms. The average Bonchev–Trinajstić information content (AvgIpc) is 3.49. The van der Waals surface area contributed by atoms with Gasteiger partial charge in [0.2, 0.25) is 5.91 Å². The van der Waals surface area contributed by atoms with Gasteiger partial charge in [-0.05, 0) is 37.5 Å². The van der Waals surface area contributed by atoms with Crippen LogP contribution in [0.25, 0.3) is 21.5 Å². The maximum Gasteiger partial charge on any atom is 0.294 e. The van der Waals surface area contributed by atoms with Gasteiger partial charge in [-0.2, -0.15) is 5.10 Å². The zero-order valence-corrected chi connectivity index (χ0v) is 19.6. The van der Waals surface area contributed by atoms with Crippen LogP contribution in [-0.4, -0.2) is 33.8 Å². The highest BCUT2D eigenvalue weighted by atomic mass is 35.5. The van der Waals surface area contributed by atoms with Crippen molar-refractivity contribution < 1.29 is 4.79 Å². The van der Waals surface area contributed by atoms with Gasteiger partial charge in [-0.1, -0.05) is 59.3 Å². The zero-order valence-electron chi connectivity index (χ0n) is 18.0. The molecular weight excluding hydrogens is 458 g/mol. The first-order valence-corrected chi connectivity index (χ1v) is 12.0. The Morgan fingerprint density at radius 3 is 2.64 bits per heavy atom. The van der Waals surface area contributed by atoms with Gasteiger partial charge in [-0.15, -0.1) is 0 Å². The Bertz CT molecular complexity index is 1390. The summed E-state index contributed by atoms with van der Waals surface area (Å²) in [4.78, 5) is 32.9. The van der Waals surface area contributed by atoms with Crippen LogP contribution in [0, 0.1) is 6.92 Å². The lowest BCUT2D eigenvalue weighted by Gasteiger charge is -2.11. The molecule has 7 nitrogen and oxygen atoms in total. The molecule has 1 aliphatic rings. The molecule has 1 fully saturated rings. The minimum atomic E-state index is -0.372. The van der Waals surface area contributed by atoms with Crippen LogP contribution in [0.5, 0.6) is 0 Å². The largest absolute Gasteiger partial charge is 0.348 e. The number of halogens is 1. The predicted molar refractivity (Wildman–Crippen MR) is 133 cm³/mol. The number of aryl methyl sites for hydroxylation is 1. The minimum Gasteiger partial charge on any atom is -0.348 e. The summed E-state index contributed by atoms with van der Waals surface area (Å²) < 4.78 is 1.94. The zero-order chi connectivity index (χ0) is 22.9. The molecule has 1 amide bonds. The van der Waals surface area contributed by atoms with E-state index in [9.17, 15) is 9.59 Å². The lowest BCUT2D eigenvalue weighted by Crippen LogP contribution is -2.30. The van der Waals surface area contributed by atoms with E-state index in [1.807, 2.05) is 43.3 Å². The van der Waals surface area contributed by atoms with Gasteiger partial charge in [-0.3, -0.25) is 9.59 Å². The van der Waals surface area contributed by atoms with E-state index < -0.39 is 0 Å². The maximum absolute atomic E-state index is 13.3. The Morgan fingerprint density at radius 1 is 1.15 bits per heavy atom. The van der Waals surface area contributed by atoms with Crippen molar-refractivity contribution in [3.8, 4) is 11.3 Å². The molecule has 1 aliphatic heterocycles. The van der Waals surface area contributed by atoms with Crippen molar-refractivity contribution in [2.45, 2.75) is 26.3 Å². The first-order chi connectivity index (χ1) is 16.0. The first-order valence-electron chi connectivity index (χ1n) is 10.8. The lowest BCUT2D eigenvalue weighted by molar-refractivity contribution is -0.117. The number of nitrogens with zero attached hydrogens (tertiary/aromatic N) is 4. The van der Waals surface area contributed by atoms with Crippen molar-refractivity contribution in [3.63, 3.8) is 0 Å². The molecule has 3 heterocycles. The van der Waals surface area contributed by atoms with E-state index in [2.05, 4.69) is 20.3 Å². The summed E-state index contributed by atoms with van der Waals surface area (Å²) in [5.41, 5.74) is 2.99. The molecule has 33 heavy (non-hydrogen) atoms. The standard InChI is InChI=1S/C24H22ClN5O2S/c1-15-9-10-17(13-18(15)25)26-19(31)14-30-23(32)21-22(20(28-30)16-7-3-2-4-8-16)33-24(27-21)29-11-5-6-12-29/h2-4,7-10,13H,5-6,11-12,14H2,1H3,(H,26,31). The highest BCUT2D eigenvalue weighted by Gasteiger charge is 2.22. The number of rotatable bonds is 5. The fraction of sp³-hybridized carbons (Fsp3) is 0.250. The molecule has 2 aromatic carbocycles. The highest BCUT2D eigenvalue weighted by molar-refractivity contribution is 7.22. The third kappa shape index (κ3) is 4.36. The van der Waals surface area contributed by atoms with Crippen LogP contribution >= 0.6 is 22.9 Å². The number of anilines is 2. The predicted octanol–water partition coefficient (Wildman–Crippen LogP) is 4.72. The normalized spacial score (nSPS) is 13.6. The summed E-state index contributed by atoms with van der Waals surface area (Å²) in [5, 5.41) is 8.78. The Kier molecular flexibility index (Phi) is 5.86. The summed E-state index contributed by atoms with van der Waals surface area (Å²) in [6, 6.07) is 15.0. The number of fused-ring (bicyclic) bond motifs is 1. The van der Waals surface area contributed by atoms with E-state index in [0.29, 0.717) is 21.9 Å². The quantitative estimate of drug-likeness (QED) is 0.448. The van der Waals surface area contributed by atoms with Gasteiger partial charge in [0.15, 0.2) is 10.6 Å². The molecule has 0 radical (unpaired) electrons. The van der Waals surface area contributed by atoms with Crippen molar-refractivity contribution in [2.24, 2.45) is 0 Å². The number of amides is 1. The molecule has 0 atom stereocenters. The SMILES string of the molecule is Cc1ccc(NC(=O)Cn2nc(-c3ccccc3)c3sc(N4CCCC4)nc3c2=O)cc1Cl. The van der Waals surface area contributed by atoms with Gasteiger partial charge in [0.25, 0.3) is 5.56 Å². The van der Waals surface area contributed by atoms with Gasteiger partial charge in [0.05, 0.1) is 4.70 Å². The summed E-state index contributed by atoms with van der Waals surface area (Å²) in [7, 11) is 0. The molecule has 4 aromatic rings. The van der Waals surface area contributed by atoms with Crippen molar-refractivity contribution in [3.05, 3.63) is 69.5 Å². The second-order valence-electron chi connectivity index (χ2n) is 8.06. The molecule has 2 aromatic heterocycles. The average molecular weight is 480 g/mol. The van der Waals surface area contributed by atoms with Crippen LogP contribution in [0.2, 0.25) is 5.02 Å². The number of hydrogen-bond acceptors (Lipinski definition) is 6.